The summed E-state index contributed by atoms with van der Waals surface area (Å²) in [5.41, 5.74) is -5.42. The minimum atomic E-state index is -1.36. The molecular formula is C50H94Mn6N4O28. The van der Waals surface area contributed by atoms with Crippen LogP contribution in [0.5, 0.6) is 0 Å². The quantitative estimate of drug-likeness (QED) is 0.0150. The molecule has 0 saturated carbocycles. The molecule has 38 heteroatoms. The Hall–Kier alpha value is -1.90. The van der Waals surface area contributed by atoms with Crippen LogP contribution in [-0.4, -0.2) is 232 Å². The van der Waals surface area contributed by atoms with Crippen LogP contribution in [0.1, 0.15) is 82.1 Å². The molecule has 88 heavy (non-hydrogen) atoms. The molecule has 32 nitrogen and oxygen atoms in total. The van der Waals surface area contributed by atoms with Gasteiger partial charge in [0, 0.05) is 62.5 Å². The molecular weight excluding hydrogens is 1430 g/mol. The number of carboxylic acids is 2. The van der Waals surface area contributed by atoms with Crippen molar-refractivity contribution in [1.29, 1.82) is 0 Å². The third-order valence-electron chi connectivity index (χ3n) is 7.75. The van der Waals surface area contributed by atoms with Gasteiger partial charge in [-0.15, -0.1) is 75.9 Å². The maximum Gasteiger partial charge on any atom is 3.00 e. The SMILES string of the molecule is CC(=O)/C=C(/C)[O-].CC(=O)/C=C(/C)[O-].CC(=O)/C=C(/C)[O-].CC(=O)/C=C(/C)[O-].CC(=O)[O-].CC(=O)[O-].CO.CO.CO.CO.[Mn+2].[Mn+2].[Mn+2].[Mn+2].[Mn+3].[Mn+3].[O-]CC(C[O-])(CO)NCCCNC(C[O-])(C[O-])CO.[O-]CC(C[O-])(CO)NCCCNC(C[O-])(C[O-])CO. The molecule has 0 aliphatic heterocycles. The molecule has 0 spiro atoms. The van der Waals surface area contributed by atoms with Crippen molar-refractivity contribution in [3.63, 3.8) is 0 Å². The predicted molar refractivity (Wildman–Crippen MR) is 271 cm³/mol. The standard InChI is InChI=1S/2C11H22N2O6.4C5H8O2.2C2H4O2.4CH4O.6Mn/c2*14-4-10(5-15,6-16)12-2-1-3-13-11(7-17,8-18)9-19;4*1-4(6)3-5(2)7;2*1-2(3)4;4*1-2;;;;;;/h2*12-14,17H,1-9H2;4*3,6H,1-2H3;2*1H3,(H,3,4);4*2H,1H3;;;;;;/q2*-4;;;;;;;;;;;4*+2;2*+3/p-6/b;;4*4-3-;;;;;;;;;;;;. The van der Waals surface area contributed by atoms with Gasteiger partial charge < -0.3 is 143 Å². The number of hydrogen-bond acceptors (Lipinski definition) is 32. The summed E-state index contributed by atoms with van der Waals surface area (Å²) in [7, 11) is 4.00. The number of ketones is 4. The van der Waals surface area contributed by atoms with E-state index in [0.717, 1.165) is 66.6 Å². The van der Waals surface area contributed by atoms with Gasteiger partial charge in [-0.3, -0.25) is 19.2 Å². The van der Waals surface area contributed by atoms with Crippen molar-refractivity contribution in [1.82, 2.24) is 21.3 Å². The molecule has 0 rings (SSSR count). The van der Waals surface area contributed by atoms with Crippen molar-refractivity contribution in [3.05, 3.63) is 47.3 Å². The summed E-state index contributed by atoms with van der Waals surface area (Å²) in [6, 6.07) is 0. The average molecular weight is 1530 g/mol. The first kappa shape index (κ1) is 134. The van der Waals surface area contributed by atoms with E-state index in [4.69, 9.17) is 60.7 Å². The Balaban J connectivity index is -0.0000000409. The number of rotatable bonds is 28. The van der Waals surface area contributed by atoms with Crippen LogP contribution in [0, 0.1) is 0 Å². The molecule has 0 heterocycles. The zero-order chi connectivity index (χ0) is 68.2. The molecule has 0 amide bonds. The number of aliphatic carboxylic acids is 2. The molecule has 0 fully saturated rings. The summed E-state index contributed by atoms with van der Waals surface area (Å²) in [5, 5.41) is 219. The van der Waals surface area contributed by atoms with Gasteiger partial charge in [-0.2, -0.15) is 0 Å². The van der Waals surface area contributed by atoms with Gasteiger partial charge in [0.25, 0.3) is 0 Å². The van der Waals surface area contributed by atoms with Gasteiger partial charge in [0.2, 0.25) is 0 Å². The van der Waals surface area contributed by atoms with E-state index in [9.17, 15) is 80.5 Å². The zero-order valence-electron chi connectivity index (χ0n) is 52.0. The molecule has 12 N–H and O–H groups in total. The maximum absolute atomic E-state index is 10.8. The van der Waals surface area contributed by atoms with E-state index in [2.05, 4.69) is 21.3 Å². The van der Waals surface area contributed by atoms with Gasteiger partial charge in [0.05, 0.1) is 26.4 Å². The summed E-state index contributed by atoms with van der Waals surface area (Å²) in [6.45, 7) is 6.00. The van der Waals surface area contributed by atoms with Crippen molar-refractivity contribution < 1.29 is 244 Å². The summed E-state index contributed by atoms with van der Waals surface area (Å²) in [5.74, 6) is -3.67. The van der Waals surface area contributed by atoms with Gasteiger partial charge in [-0.1, -0.05) is 27.7 Å². The fourth-order valence-electron chi connectivity index (χ4n) is 3.90. The Kier molecular flexibility index (Phi) is 151. The number of carboxylic acid groups (broad SMARTS) is 2. The number of allylic oxidation sites excluding steroid dienone is 8. The van der Waals surface area contributed by atoms with Crippen LogP contribution >= 0.6 is 0 Å². The van der Waals surface area contributed by atoms with Gasteiger partial charge in [0.15, 0.2) is 23.1 Å². The van der Waals surface area contributed by atoms with E-state index in [1.807, 2.05) is 0 Å². The molecule has 0 aromatic heterocycles. The van der Waals surface area contributed by atoms with E-state index in [1.54, 1.807) is 0 Å². The van der Waals surface area contributed by atoms with Crippen LogP contribution in [0.2, 0.25) is 0 Å². The van der Waals surface area contributed by atoms with Crippen LogP contribution in [0.25, 0.3) is 0 Å². The first-order valence-corrected chi connectivity index (χ1v) is 23.8. The van der Waals surface area contributed by atoms with Gasteiger partial charge in [0.1, 0.15) is 0 Å². The minimum Gasteiger partial charge on any atom is -0.876 e. The van der Waals surface area contributed by atoms with Crippen LogP contribution in [0.3, 0.4) is 0 Å². The summed E-state index contributed by atoms with van der Waals surface area (Å²) < 4.78 is 0. The number of aliphatic hydroxyl groups is 8. The number of aliphatic hydroxyl groups excluding tert-OH is 8. The number of carbonyl (C=O) groups is 6. The molecule has 524 valence electrons. The average Bonchev–Trinajstić information content (AvgIpc) is 3.40. The molecule has 0 aliphatic rings. The Morgan fingerprint density at radius 1 is 0.307 bits per heavy atom. The second-order valence-electron chi connectivity index (χ2n) is 15.8. The second-order valence-corrected chi connectivity index (χ2v) is 15.8. The third-order valence-corrected chi connectivity index (χ3v) is 7.75. The van der Waals surface area contributed by atoms with Gasteiger partial charge in [-0.05, 0) is 105 Å². The van der Waals surface area contributed by atoms with Crippen molar-refractivity contribution in [3.8, 4) is 0 Å². The summed E-state index contributed by atoms with van der Waals surface area (Å²) in [4.78, 5) is 57.7. The summed E-state index contributed by atoms with van der Waals surface area (Å²) in [6.07, 6.45) is 5.12. The summed E-state index contributed by atoms with van der Waals surface area (Å²) >= 11 is 0. The van der Waals surface area contributed by atoms with Crippen LogP contribution in [-0.2, 0) is 131 Å². The van der Waals surface area contributed by atoms with Crippen LogP contribution < -0.4 is 92.8 Å². The van der Waals surface area contributed by atoms with E-state index >= 15 is 0 Å². The van der Waals surface area contributed by atoms with Crippen LogP contribution in [0.15, 0.2) is 47.3 Å². The first-order chi connectivity index (χ1) is 38.1. The van der Waals surface area contributed by atoms with E-state index in [-0.39, 0.29) is 175 Å². The van der Waals surface area contributed by atoms with E-state index in [1.165, 1.54) is 55.4 Å². The molecule has 0 aliphatic carbocycles. The van der Waals surface area contributed by atoms with Gasteiger partial charge in [-0.25, -0.2) is 0 Å². The maximum atomic E-state index is 10.8. The predicted octanol–water partition coefficient (Wildman–Crippen LogP) is -17.8. The Morgan fingerprint density at radius 3 is 0.455 bits per heavy atom. The Bertz CT molecular complexity index is 1340. The van der Waals surface area contributed by atoms with E-state index in [0.29, 0.717) is 12.8 Å². The van der Waals surface area contributed by atoms with Crippen LogP contribution in [0.4, 0.5) is 0 Å². The Labute approximate surface area is 581 Å². The molecule has 0 saturated heterocycles. The van der Waals surface area contributed by atoms with Crippen molar-refractivity contribution in [2.24, 2.45) is 0 Å². The first-order valence-electron chi connectivity index (χ1n) is 23.8. The van der Waals surface area contributed by atoms with Crippen molar-refractivity contribution in [2.75, 3.05) is 134 Å². The number of carbonyl (C=O) groups excluding carboxylic acids is 6. The topological polar surface area (TPSA) is 635 Å². The number of hydrogen-bond donors (Lipinski definition) is 12. The fraction of sp³-hybridized carbons (Fsp3) is 0.720. The molecule has 0 aromatic carbocycles. The smallest absolute Gasteiger partial charge is 0.876 e. The zero-order valence-corrected chi connectivity index (χ0v) is 59.1. The second kappa shape index (κ2) is 98.7. The van der Waals surface area contributed by atoms with Gasteiger partial charge >= 0.3 is 102 Å². The fourth-order valence-corrected chi connectivity index (χ4v) is 3.90. The molecule has 0 aromatic rings. The molecule has 0 unspecified atom stereocenters. The van der Waals surface area contributed by atoms with Crippen molar-refractivity contribution in [2.45, 2.75) is 104 Å². The minimum absolute atomic E-state index is 0. The largest absolute Gasteiger partial charge is 3.00 e. The van der Waals surface area contributed by atoms with Crippen molar-refractivity contribution >= 4 is 35.1 Å². The monoisotopic (exact) mass is 1530 g/mol. The molecule has 4 radical (unpaired) electrons. The molecule has 0 bridgehead atoms. The third kappa shape index (κ3) is 118. The van der Waals surface area contributed by atoms with E-state index < -0.39 is 113 Å². The number of nitrogens with one attached hydrogen (secondary N) is 4. The Morgan fingerprint density at radius 2 is 0.409 bits per heavy atom. The normalized spacial score (nSPS) is 10.1. The molecule has 0 atom stereocenters.